The van der Waals surface area contributed by atoms with Gasteiger partial charge >= 0.3 is 0 Å². The molecule has 2 aliphatic rings. The molecule has 0 radical (unpaired) electrons. The Labute approximate surface area is 114 Å². The van der Waals surface area contributed by atoms with E-state index in [1.165, 1.54) is 0 Å². The highest BCUT2D eigenvalue weighted by molar-refractivity contribution is 6.00. The molecule has 0 aromatic heterocycles. The number of nitrogens with zero attached hydrogens (tertiary/aromatic N) is 1. The largest absolute Gasteiger partial charge is 0.316 e. The van der Waals surface area contributed by atoms with Crippen molar-refractivity contribution in [2.24, 2.45) is 5.41 Å². The Balaban J connectivity index is 0.00000120. The van der Waals surface area contributed by atoms with Crippen molar-refractivity contribution in [3.63, 3.8) is 0 Å². The minimum atomic E-state index is -0.117. The van der Waals surface area contributed by atoms with Gasteiger partial charge in [0.25, 0.3) is 0 Å². The highest BCUT2D eigenvalue weighted by atomic mass is 35.5. The Morgan fingerprint density at radius 3 is 2.61 bits per heavy atom. The average molecular weight is 267 g/mol. The molecule has 0 saturated carbocycles. The smallest absolute Gasteiger partial charge is 0.234 e. The zero-order valence-electron chi connectivity index (χ0n) is 10.4. The van der Waals surface area contributed by atoms with Crippen molar-refractivity contribution in [1.82, 2.24) is 5.32 Å². The topological polar surface area (TPSA) is 32.3 Å². The second kappa shape index (κ2) is 5.29. The van der Waals surface area contributed by atoms with Crippen LogP contribution in [0.5, 0.6) is 0 Å². The van der Waals surface area contributed by atoms with Crippen molar-refractivity contribution in [1.29, 1.82) is 0 Å². The molecule has 2 saturated heterocycles. The van der Waals surface area contributed by atoms with Crippen LogP contribution in [-0.4, -0.2) is 25.5 Å². The van der Waals surface area contributed by atoms with Gasteiger partial charge in [-0.3, -0.25) is 4.79 Å². The van der Waals surface area contributed by atoms with Gasteiger partial charge in [0, 0.05) is 18.8 Å². The van der Waals surface area contributed by atoms with E-state index in [9.17, 15) is 4.79 Å². The lowest BCUT2D eigenvalue weighted by atomic mass is 9.79. The fourth-order valence-electron chi connectivity index (χ4n) is 3.04. The first-order chi connectivity index (χ1) is 8.32. The third kappa shape index (κ3) is 2.13. The lowest BCUT2D eigenvalue weighted by Gasteiger charge is -2.32. The van der Waals surface area contributed by atoms with Gasteiger partial charge in [0.05, 0.1) is 5.41 Å². The van der Waals surface area contributed by atoms with Crippen molar-refractivity contribution < 1.29 is 4.79 Å². The Bertz CT molecular complexity index is 415. The molecule has 98 valence electrons. The number of carbonyl (C=O) groups excluding carboxylic acids is 1. The van der Waals surface area contributed by atoms with Crippen LogP contribution in [0, 0.1) is 5.41 Å². The average Bonchev–Trinajstić information content (AvgIpc) is 2.70. The second-order valence-corrected chi connectivity index (χ2v) is 5.10. The molecular weight excluding hydrogens is 248 g/mol. The van der Waals surface area contributed by atoms with E-state index in [0.717, 1.165) is 44.6 Å². The van der Waals surface area contributed by atoms with Gasteiger partial charge in [-0.2, -0.15) is 0 Å². The van der Waals surface area contributed by atoms with Crippen molar-refractivity contribution in [3.05, 3.63) is 30.3 Å². The molecule has 0 bridgehead atoms. The number of rotatable bonds is 1. The second-order valence-electron chi connectivity index (χ2n) is 5.10. The first kappa shape index (κ1) is 13.4. The fraction of sp³-hybridized carbons (Fsp3) is 0.500. The van der Waals surface area contributed by atoms with Crippen LogP contribution >= 0.6 is 12.4 Å². The molecule has 4 heteroatoms. The number of nitrogens with one attached hydrogen (secondary N) is 1. The van der Waals surface area contributed by atoms with Gasteiger partial charge in [0.15, 0.2) is 0 Å². The van der Waals surface area contributed by atoms with Crippen LogP contribution in [-0.2, 0) is 4.79 Å². The van der Waals surface area contributed by atoms with E-state index in [1.807, 2.05) is 35.2 Å². The van der Waals surface area contributed by atoms with Gasteiger partial charge in [-0.05, 0) is 37.9 Å². The standard InChI is InChI=1S/C14H18N2O.ClH/c17-13-14(7-4-9-15-11-14)8-10-16(13)12-5-2-1-3-6-12;/h1-3,5-6,15H,4,7-11H2;1H. The molecule has 3 rings (SSSR count). The SMILES string of the molecule is Cl.O=C1N(c2ccccc2)CCC12CCCNC2. The van der Waals surface area contributed by atoms with E-state index in [0.29, 0.717) is 5.91 Å². The summed E-state index contributed by atoms with van der Waals surface area (Å²) in [5, 5.41) is 3.37. The number of para-hydroxylation sites is 1. The van der Waals surface area contributed by atoms with Crippen molar-refractivity contribution in [3.8, 4) is 0 Å². The molecule has 1 atom stereocenters. The van der Waals surface area contributed by atoms with Crippen LogP contribution in [0.25, 0.3) is 0 Å². The predicted octanol–water partition coefficient (Wildman–Crippen LogP) is 2.21. The lowest BCUT2D eigenvalue weighted by molar-refractivity contribution is -0.126. The Kier molecular flexibility index (Phi) is 3.93. The number of benzene rings is 1. The van der Waals surface area contributed by atoms with E-state index in [4.69, 9.17) is 0 Å². The predicted molar refractivity (Wildman–Crippen MR) is 75.2 cm³/mol. The van der Waals surface area contributed by atoms with Crippen molar-refractivity contribution in [2.75, 3.05) is 24.5 Å². The molecule has 2 heterocycles. The Hall–Kier alpha value is -1.06. The Morgan fingerprint density at radius 1 is 1.17 bits per heavy atom. The summed E-state index contributed by atoms with van der Waals surface area (Å²) in [7, 11) is 0. The first-order valence-electron chi connectivity index (χ1n) is 6.40. The summed E-state index contributed by atoms with van der Waals surface area (Å²) in [5.41, 5.74) is 0.925. The maximum absolute atomic E-state index is 12.6. The van der Waals surface area contributed by atoms with Crippen LogP contribution in [0.1, 0.15) is 19.3 Å². The first-order valence-corrected chi connectivity index (χ1v) is 6.40. The number of piperidine rings is 1. The number of anilines is 1. The molecule has 0 aliphatic carbocycles. The number of halogens is 1. The molecule has 2 fully saturated rings. The summed E-state index contributed by atoms with van der Waals surface area (Å²) in [5.74, 6) is 0.316. The van der Waals surface area contributed by atoms with E-state index in [2.05, 4.69) is 5.32 Å². The highest BCUT2D eigenvalue weighted by Gasteiger charge is 2.47. The summed E-state index contributed by atoms with van der Waals surface area (Å²) in [6, 6.07) is 10.0. The Morgan fingerprint density at radius 2 is 1.94 bits per heavy atom. The molecule has 18 heavy (non-hydrogen) atoms. The molecule has 1 aromatic carbocycles. The van der Waals surface area contributed by atoms with Crippen LogP contribution < -0.4 is 10.2 Å². The van der Waals surface area contributed by atoms with Gasteiger partial charge in [-0.15, -0.1) is 12.4 Å². The minimum Gasteiger partial charge on any atom is -0.316 e. The molecule has 1 aromatic rings. The maximum Gasteiger partial charge on any atom is 0.234 e. The normalized spacial score (nSPS) is 27.3. The van der Waals surface area contributed by atoms with E-state index in [-0.39, 0.29) is 17.8 Å². The molecule has 2 aliphatic heterocycles. The van der Waals surface area contributed by atoms with Crippen molar-refractivity contribution in [2.45, 2.75) is 19.3 Å². The molecule has 3 nitrogen and oxygen atoms in total. The zero-order chi connectivity index (χ0) is 11.7. The summed E-state index contributed by atoms with van der Waals surface area (Å²) in [6.07, 6.45) is 3.16. The van der Waals surface area contributed by atoms with E-state index in [1.54, 1.807) is 0 Å². The molecular formula is C14H19ClN2O. The molecule has 1 N–H and O–H groups in total. The van der Waals surface area contributed by atoms with Crippen LogP contribution in [0.3, 0.4) is 0 Å². The summed E-state index contributed by atoms with van der Waals surface area (Å²) < 4.78 is 0. The van der Waals surface area contributed by atoms with Gasteiger partial charge in [-0.25, -0.2) is 0 Å². The number of hydrogen-bond donors (Lipinski definition) is 1. The minimum absolute atomic E-state index is 0. The maximum atomic E-state index is 12.6. The summed E-state index contributed by atoms with van der Waals surface area (Å²) in [6.45, 7) is 2.78. The van der Waals surface area contributed by atoms with Crippen LogP contribution in [0.2, 0.25) is 0 Å². The van der Waals surface area contributed by atoms with Crippen LogP contribution in [0.4, 0.5) is 5.69 Å². The lowest BCUT2D eigenvalue weighted by Crippen LogP contribution is -2.45. The number of hydrogen-bond acceptors (Lipinski definition) is 2. The summed E-state index contributed by atoms with van der Waals surface area (Å²) >= 11 is 0. The van der Waals surface area contributed by atoms with Gasteiger partial charge < -0.3 is 10.2 Å². The number of carbonyl (C=O) groups is 1. The van der Waals surface area contributed by atoms with E-state index < -0.39 is 0 Å². The fourth-order valence-corrected chi connectivity index (χ4v) is 3.04. The molecule has 1 spiro atoms. The summed E-state index contributed by atoms with van der Waals surface area (Å²) in [4.78, 5) is 14.5. The van der Waals surface area contributed by atoms with E-state index >= 15 is 0 Å². The highest BCUT2D eigenvalue weighted by Crippen LogP contribution is 2.39. The number of amides is 1. The van der Waals surface area contributed by atoms with Gasteiger partial charge in [0.1, 0.15) is 0 Å². The van der Waals surface area contributed by atoms with Gasteiger partial charge in [-0.1, -0.05) is 18.2 Å². The van der Waals surface area contributed by atoms with Gasteiger partial charge in [0.2, 0.25) is 5.91 Å². The molecule has 1 unspecified atom stereocenters. The molecule has 1 amide bonds. The van der Waals surface area contributed by atoms with Crippen molar-refractivity contribution >= 4 is 24.0 Å². The third-order valence-electron chi connectivity index (χ3n) is 4.05. The monoisotopic (exact) mass is 266 g/mol. The third-order valence-corrected chi connectivity index (χ3v) is 4.05. The quantitative estimate of drug-likeness (QED) is 0.845. The zero-order valence-corrected chi connectivity index (χ0v) is 11.2. The van der Waals surface area contributed by atoms with Crippen LogP contribution in [0.15, 0.2) is 30.3 Å².